The zero-order valence-corrected chi connectivity index (χ0v) is 9.74. The van der Waals surface area contributed by atoms with E-state index < -0.39 is 0 Å². The molecular weight excluding hydrogens is 186 g/mol. The van der Waals surface area contributed by atoms with Gasteiger partial charge in [0, 0.05) is 18.9 Å². The largest absolute Gasteiger partial charge is 0.334 e. The maximum Gasteiger partial charge on any atom is 0.126 e. The van der Waals surface area contributed by atoms with Gasteiger partial charge in [0.15, 0.2) is 0 Å². The Morgan fingerprint density at radius 1 is 1.53 bits per heavy atom. The molecule has 0 saturated heterocycles. The number of aryl methyl sites for hydroxylation is 1. The minimum atomic E-state index is 0.447. The van der Waals surface area contributed by atoms with Gasteiger partial charge in [0.25, 0.3) is 0 Å². The molecule has 1 heterocycles. The normalized spacial score (nSPS) is 19.6. The second-order valence-electron chi connectivity index (χ2n) is 4.38. The molecule has 1 aromatic heterocycles. The molecule has 3 heteroatoms. The molecule has 2 rings (SSSR count). The topological polar surface area (TPSA) is 29.9 Å². The van der Waals surface area contributed by atoms with E-state index in [1.54, 1.807) is 0 Å². The predicted octanol–water partition coefficient (Wildman–Crippen LogP) is 2.35. The molecule has 15 heavy (non-hydrogen) atoms. The van der Waals surface area contributed by atoms with Crippen LogP contribution in [0.5, 0.6) is 0 Å². The van der Waals surface area contributed by atoms with Crippen LogP contribution in [0, 0.1) is 5.92 Å². The number of aromatic nitrogens is 2. The van der Waals surface area contributed by atoms with Crippen LogP contribution in [0.15, 0.2) is 12.4 Å². The summed E-state index contributed by atoms with van der Waals surface area (Å²) < 4.78 is 2.25. The first-order valence-corrected chi connectivity index (χ1v) is 6.05. The van der Waals surface area contributed by atoms with Crippen LogP contribution < -0.4 is 5.32 Å². The van der Waals surface area contributed by atoms with Crippen molar-refractivity contribution in [3.8, 4) is 0 Å². The van der Waals surface area contributed by atoms with Crippen LogP contribution in [0.3, 0.4) is 0 Å². The highest BCUT2D eigenvalue weighted by Crippen LogP contribution is 2.34. The van der Waals surface area contributed by atoms with E-state index in [0.717, 1.165) is 12.5 Å². The minimum Gasteiger partial charge on any atom is -0.334 e. The summed E-state index contributed by atoms with van der Waals surface area (Å²) in [5, 5.41) is 3.44. The molecule has 1 unspecified atom stereocenters. The highest BCUT2D eigenvalue weighted by molar-refractivity contribution is 5.02. The Kier molecular flexibility index (Phi) is 3.41. The molecule has 1 saturated carbocycles. The maximum atomic E-state index is 4.50. The summed E-state index contributed by atoms with van der Waals surface area (Å²) in [6, 6.07) is 0.447. The molecule has 0 radical (unpaired) electrons. The Bertz CT molecular complexity index is 300. The Hall–Kier alpha value is -0.830. The third kappa shape index (κ3) is 2.07. The van der Waals surface area contributed by atoms with Gasteiger partial charge in [-0.3, -0.25) is 0 Å². The summed E-state index contributed by atoms with van der Waals surface area (Å²) >= 11 is 0. The zero-order valence-electron chi connectivity index (χ0n) is 9.74. The Balaban J connectivity index is 2.17. The SMILES string of the molecule is CCn1ccnc1C(NC)C1CCCC1. The van der Waals surface area contributed by atoms with Gasteiger partial charge >= 0.3 is 0 Å². The lowest BCUT2D eigenvalue weighted by Gasteiger charge is -2.23. The molecule has 0 aromatic carbocycles. The number of hydrogen-bond acceptors (Lipinski definition) is 2. The fourth-order valence-corrected chi connectivity index (χ4v) is 2.73. The van der Waals surface area contributed by atoms with E-state index in [1.165, 1.54) is 31.5 Å². The van der Waals surface area contributed by atoms with Crippen molar-refractivity contribution in [2.75, 3.05) is 7.05 Å². The lowest BCUT2D eigenvalue weighted by molar-refractivity contribution is 0.364. The van der Waals surface area contributed by atoms with Crippen molar-refractivity contribution in [3.05, 3.63) is 18.2 Å². The number of nitrogens with zero attached hydrogens (tertiary/aromatic N) is 2. The van der Waals surface area contributed by atoms with Crippen molar-refractivity contribution in [1.29, 1.82) is 0 Å². The molecule has 1 N–H and O–H groups in total. The van der Waals surface area contributed by atoms with Gasteiger partial charge in [-0.05, 0) is 32.7 Å². The van der Waals surface area contributed by atoms with Crippen molar-refractivity contribution < 1.29 is 0 Å². The molecule has 1 atom stereocenters. The molecule has 1 aromatic rings. The molecule has 0 bridgehead atoms. The lowest BCUT2D eigenvalue weighted by Crippen LogP contribution is -2.26. The third-order valence-electron chi connectivity index (χ3n) is 3.55. The fourth-order valence-electron chi connectivity index (χ4n) is 2.73. The molecule has 1 aliphatic carbocycles. The zero-order chi connectivity index (χ0) is 10.7. The van der Waals surface area contributed by atoms with Gasteiger partial charge < -0.3 is 9.88 Å². The number of imidazole rings is 1. The first-order chi connectivity index (χ1) is 7.36. The van der Waals surface area contributed by atoms with Crippen molar-refractivity contribution in [2.45, 2.75) is 45.2 Å². The van der Waals surface area contributed by atoms with E-state index in [9.17, 15) is 0 Å². The summed E-state index contributed by atoms with van der Waals surface area (Å²) in [7, 11) is 2.05. The Morgan fingerprint density at radius 2 is 2.27 bits per heavy atom. The van der Waals surface area contributed by atoms with Gasteiger partial charge in [0.2, 0.25) is 0 Å². The quantitative estimate of drug-likeness (QED) is 0.821. The van der Waals surface area contributed by atoms with Gasteiger partial charge in [-0.25, -0.2) is 4.98 Å². The molecule has 0 aliphatic heterocycles. The van der Waals surface area contributed by atoms with Crippen molar-refractivity contribution in [2.24, 2.45) is 5.92 Å². The monoisotopic (exact) mass is 207 g/mol. The van der Waals surface area contributed by atoms with Crippen LogP contribution in [-0.2, 0) is 6.54 Å². The molecule has 84 valence electrons. The molecule has 3 nitrogen and oxygen atoms in total. The van der Waals surface area contributed by atoms with Gasteiger partial charge in [-0.2, -0.15) is 0 Å². The summed E-state index contributed by atoms with van der Waals surface area (Å²) in [5.74, 6) is 2.00. The molecule has 1 aliphatic rings. The summed E-state index contributed by atoms with van der Waals surface area (Å²) in [5.41, 5.74) is 0. The highest BCUT2D eigenvalue weighted by Gasteiger charge is 2.27. The van der Waals surface area contributed by atoms with E-state index in [1.807, 2.05) is 6.20 Å². The second kappa shape index (κ2) is 4.79. The van der Waals surface area contributed by atoms with Crippen molar-refractivity contribution in [3.63, 3.8) is 0 Å². The smallest absolute Gasteiger partial charge is 0.126 e. The highest BCUT2D eigenvalue weighted by atomic mass is 15.1. The van der Waals surface area contributed by atoms with Crippen LogP contribution in [0.4, 0.5) is 0 Å². The first-order valence-electron chi connectivity index (χ1n) is 6.05. The first kappa shape index (κ1) is 10.7. The van der Waals surface area contributed by atoms with Gasteiger partial charge in [-0.1, -0.05) is 12.8 Å². The average Bonchev–Trinajstić information content (AvgIpc) is 2.89. The fraction of sp³-hybridized carbons (Fsp3) is 0.750. The van der Waals surface area contributed by atoms with Crippen LogP contribution >= 0.6 is 0 Å². The predicted molar refractivity (Wildman–Crippen MR) is 61.7 cm³/mol. The summed E-state index contributed by atoms with van der Waals surface area (Å²) in [6.07, 6.45) is 9.46. The third-order valence-corrected chi connectivity index (χ3v) is 3.55. The van der Waals surface area contributed by atoms with E-state index >= 15 is 0 Å². The summed E-state index contributed by atoms with van der Waals surface area (Å²) in [6.45, 7) is 3.19. The van der Waals surface area contributed by atoms with Gasteiger partial charge in [-0.15, -0.1) is 0 Å². The minimum absolute atomic E-state index is 0.447. The van der Waals surface area contributed by atoms with Gasteiger partial charge in [0.1, 0.15) is 5.82 Å². The van der Waals surface area contributed by atoms with Crippen LogP contribution in [0.25, 0.3) is 0 Å². The number of hydrogen-bond donors (Lipinski definition) is 1. The molecule has 0 spiro atoms. The molecular formula is C12H21N3. The Labute approximate surface area is 91.9 Å². The standard InChI is InChI=1S/C12H21N3/c1-3-15-9-8-14-12(15)11(13-2)10-6-4-5-7-10/h8-11,13H,3-7H2,1-2H3. The second-order valence-corrected chi connectivity index (χ2v) is 4.38. The van der Waals surface area contributed by atoms with Crippen molar-refractivity contribution >= 4 is 0 Å². The van der Waals surface area contributed by atoms with Gasteiger partial charge in [0.05, 0.1) is 6.04 Å². The summed E-state index contributed by atoms with van der Waals surface area (Å²) in [4.78, 5) is 4.50. The number of rotatable bonds is 4. The van der Waals surface area contributed by atoms with Crippen LogP contribution in [0.1, 0.15) is 44.5 Å². The lowest BCUT2D eigenvalue weighted by atomic mass is 9.97. The van der Waals surface area contributed by atoms with Crippen LogP contribution in [0.2, 0.25) is 0 Å². The van der Waals surface area contributed by atoms with E-state index in [2.05, 4.69) is 35.0 Å². The molecule has 1 fully saturated rings. The van der Waals surface area contributed by atoms with E-state index in [-0.39, 0.29) is 0 Å². The maximum absolute atomic E-state index is 4.50. The van der Waals surface area contributed by atoms with E-state index in [4.69, 9.17) is 0 Å². The van der Waals surface area contributed by atoms with E-state index in [0.29, 0.717) is 6.04 Å². The average molecular weight is 207 g/mol. The molecule has 0 amide bonds. The Morgan fingerprint density at radius 3 is 2.87 bits per heavy atom. The van der Waals surface area contributed by atoms with Crippen LogP contribution in [-0.4, -0.2) is 16.6 Å². The number of nitrogens with one attached hydrogen (secondary N) is 1. The van der Waals surface area contributed by atoms with Crippen molar-refractivity contribution in [1.82, 2.24) is 14.9 Å².